The minimum absolute atomic E-state index is 0.380. The van der Waals surface area contributed by atoms with Crippen molar-refractivity contribution >= 4 is 0 Å². The molecule has 1 heterocycles. The van der Waals surface area contributed by atoms with Crippen LogP contribution in [0.1, 0.15) is 30.9 Å². The molecule has 1 aromatic heterocycles. The summed E-state index contributed by atoms with van der Waals surface area (Å²) in [5.74, 6) is 0.806. The zero-order chi connectivity index (χ0) is 21.2. The molecule has 0 atom stereocenters. The fraction of sp³-hybridized carbons (Fsp3) is 0.154. The third-order valence-corrected chi connectivity index (χ3v) is 4.64. The summed E-state index contributed by atoms with van der Waals surface area (Å²) in [6, 6.07) is 16.2. The van der Waals surface area contributed by atoms with Crippen molar-refractivity contribution in [3.63, 3.8) is 0 Å². The lowest BCUT2D eigenvalue weighted by molar-refractivity contribution is 0.210. The van der Waals surface area contributed by atoms with Gasteiger partial charge in [0.25, 0.3) is 0 Å². The Labute approximate surface area is 178 Å². The molecule has 0 radical (unpaired) electrons. The summed E-state index contributed by atoms with van der Waals surface area (Å²) in [4.78, 5) is 4.09. The van der Waals surface area contributed by atoms with Crippen LogP contribution in [0.4, 0.5) is 0 Å². The van der Waals surface area contributed by atoms with E-state index >= 15 is 0 Å². The molecule has 0 amide bonds. The van der Waals surface area contributed by atoms with Gasteiger partial charge in [-0.2, -0.15) is 5.26 Å². The maximum absolute atomic E-state index is 9.34. The van der Waals surface area contributed by atoms with Gasteiger partial charge in [0.05, 0.1) is 18.0 Å². The molecule has 0 saturated carbocycles. The zero-order valence-corrected chi connectivity index (χ0v) is 17.2. The molecule has 150 valence electrons. The van der Waals surface area contributed by atoms with Crippen molar-refractivity contribution < 1.29 is 4.74 Å². The van der Waals surface area contributed by atoms with E-state index < -0.39 is 0 Å². The van der Waals surface area contributed by atoms with E-state index in [1.54, 1.807) is 18.6 Å². The van der Waals surface area contributed by atoms with Crippen molar-refractivity contribution in [3.05, 3.63) is 109 Å². The van der Waals surface area contributed by atoms with Gasteiger partial charge in [-0.05, 0) is 59.5 Å². The minimum atomic E-state index is 0.380. The minimum Gasteiger partial charge on any atom is -0.489 e. The molecule has 30 heavy (non-hydrogen) atoms. The van der Waals surface area contributed by atoms with E-state index in [1.807, 2.05) is 41.1 Å². The Hall–Kier alpha value is -3.84. The van der Waals surface area contributed by atoms with Crippen LogP contribution in [0.5, 0.6) is 0 Å². The monoisotopic (exact) mass is 395 g/mol. The third-order valence-electron chi connectivity index (χ3n) is 4.64. The average Bonchev–Trinajstić information content (AvgIpc) is 3.33. The number of hydrogen-bond acceptors (Lipinski definition) is 3. The molecule has 0 saturated heterocycles. The highest BCUT2D eigenvalue weighted by atomic mass is 16.5. The zero-order valence-electron chi connectivity index (χ0n) is 17.2. The molecule has 0 fully saturated rings. The molecule has 4 nitrogen and oxygen atoms in total. The molecule has 0 N–H and O–H groups in total. The van der Waals surface area contributed by atoms with Crippen molar-refractivity contribution in [2.24, 2.45) is 0 Å². The molecule has 0 aliphatic rings. The van der Waals surface area contributed by atoms with Gasteiger partial charge in [0.1, 0.15) is 12.4 Å². The van der Waals surface area contributed by atoms with Crippen LogP contribution in [0, 0.1) is 11.3 Å². The van der Waals surface area contributed by atoms with E-state index in [0.29, 0.717) is 12.2 Å². The van der Waals surface area contributed by atoms with Crippen LogP contribution >= 0.6 is 0 Å². The molecule has 0 unspecified atom stereocenters. The summed E-state index contributed by atoms with van der Waals surface area (Å²) in [5.41, 5.74) is 4.75. The van der Waals surface area contributed by atoms with E-state index in [0.717, 1.165) is 41.0 Å². The second kappa shape index (κ2) is 10.6. The van der Waals surface area contributed by atoms with Gasteiger partial charge in [-0.25, -0.2) is 4.98 Å². The van der Waals surface area contributed by atoms with E-state index in [-0.39, 0.29) is 0 Å². The van der Waals surface area contributed by atoms with Crippen LogP contribution in [0.2, 0.25) is 0 Å². The third kappa shape index (κ3) is 5.36. The van der Waals surface area contributed by atoms with Crippen LogP contribution in [0.15, 0.2) is 97.8 Å². The number of ether oxygens (including phenoxy) is 1. The summed E-state index contributed by atoms with van der Waals surface area (Å²) in [6.07, 6.45) is 15.0. The van der Waals surface area contributed by atoms with Crippen LogP contribution < -0.4 is 0 Å². The Kier molecular flexibility index (Phi) is 7.40. The standard InChI is InChI=1S/C26H25N3O/c1-3-5-7-25(8-6-4-2)30-19-23-17-21(18-27)9-14-26(23)22-10-12-24(13-11-22)29-16-15-28-20-29/h3,5,7-17,20H,1,4,6,19H2,2H3/b7-5-,25-8+. The second-order valence-electron chi connectivity index (χ2n) is 6.78. The number of rotatable bonds is 9. The maximum Gasteiger partial charge on any atom is 0.115 e. The molecule has 4 heteroatoms. The van der Waals surface area contributed by atoms with Gasteiger partial charge in [-0.15, -0.1) is 0 Å². The lowest BCUT2D eigenvalue weighted by Crippen LogP contribution is -1.97. The number of aromatic nitrogens is 2. The SMILES string of the molecule is C=C/C=C\C(=C/CCC)OCc1cc(C#N)ccc1-c1ccc(-n2ccnc2)cc1. The maximum atomic E-state index is 9.34. The Morgan fingerprint density at radius 3 is 2.73 bits per heavy atom. The molecule has 2 aromatic carbocycles. The van der Waals surface area contributed by atoms with Crippen LogP contribution in [-0.4, -0.2) is 9.55 Å². The van der Waals surface area contributed by atoms with Crippen LogP contribution in [-0.2, 0) is 11.3 Å². The summed E-state index contributed by atoms with van der Waals surface area (Å²) in [7, 11) is 0. The summed E-state index contributed by atoms with van der Waals surface area (Å²) in [5, 5.41) is 9.34. The van der Waals surface area contributed by atoms with Gasteiger partial charge < -0.3 is 9.30 Å². The van der Waals surface area contributed by atoms with Gasteiger partial charge in [0.15, 0.2) is 0 Å². The van der Waals surface area contributed by atoms with Gasteiger partial charge in [0.2, 0.25) is 0 Å². The molecular weight excluding hydrogens is 370 g/mol. The number of allylic oxidation sites excluding steroid dienone is 4. The highest BCUT2D eigenvalue weighted by Gasteiger charge is 2.09. The lowest BCUT2D eigenvalue weighted by Gasteiger charge is -2.13. The smallest absolute Gasteiger partial charge is 0.115 e. The summed E-state index contributed by atoms with van der Waals surface area (Å²) in [6.45, 7) is 6.23. The molecule has 0 bridgehead atoms. The topological polar surface area (TPSA) is 50.8 Å². The number of hydrogen-bond donors (Lipinski definition) is 0. The molecule has 3 aromatic rings. The normalized spacial score (nSPS) is 11.4. The second-order valence-corrected chi connectivity index (χ2v) is 6.78. The number of nitrogens with zero attached hydrogens (tertiary/aromatic N) is 3. The first-order valence-corrected chi connectivity index (χ1v) is 9.99. The largest absolute Gasteiger partial charge is 0.489 e. The van der Waals surface area contributed by atoms with E-state index in [2.05, 4.69) is 54.9 Å². The number of nitriles is 1. The molecule has 0 aliphatic heterocycles. The van der Waals surface area contributed by atoms with Crippen molar-refractivity contribution in [1.29, 1.82) is 5.26 Å². The van der Waals surface area contributed by atoms with Gasteiger partial charge in [0, 0.05) is 18.1 Å². The highest BCUT2D eigenvalue weighted by molar-refractivity contribution is 5.69. The first-order chi connectivity index (χ1) is 14.7. The fourth-order valence-electron chi connectivity index (χ4n) is 3.07. The Balaban J connectivity index is 1.88. The van der Waals surface area contributed by atoms with Crippen molar-refractivity contribution in [3.8, 4) is 22.9 Å². The number of unbranched alkanes of at least 4 members (excludes halogenated alkanes) is 1. The Morgan fingerprint density at radius 1 is 1.23 bits per heavy atom. The molecular formula is C26H25N3O. The van der Waals surface area contributed by atoms with Crippen molar-refractivity contribution in [2.45, 2.75) is 26.4 Å². The van der Waals surface area contributed by atoms with Crippen LogP contribution in [0.25, 0.3) is 16.8 Å². The van der Waals surface area contributed by atoms with E-state index in [1.165, 1.54) is 0 Å². The molecule has 3 rings (SSSR count). The van der Waals surface area contributed by atoms with Crippen LogP contribution in [0.3, 0.4) is 0 Å². The van der Waals surface area contributed by atoms with Gasteiger partial charge in [-0.1, -0.05) is 50.3 Å². The Morgan fingerprint density at radius 2 is 2.07 bits per heavy atom. The number of imidazole rings is 1. The van der Waals surface area contributed by atoms with Crippen molar-refractivity contribution in [2.75, 3.05) is 0 Å². The number of benzene rings is 2. The molecule has 0 aliphatic carbocycles. The predicted molar refractivity (Wildman–Crippen MR) is 121 cm³/mol. The Bertz CT molecular complexity index is 1070. The highest BCUT2D eigenvalue weighted by Crippen LogP contribution is 2.27. The first kappa shape index (κ1) is 20.9. The van der Waals surface area contributed by atoms with E-state index in [9.17, 15) is 5.26 Å². The predicted octanol–water partition coefficient (Wildman–Crippen LogP) is 6.35. The quantitative estimate of drug-likeness (QED) is 0.313. The lowest BCUT2D eigenvalue weighted by atomic mass is 9.98. The average molecular weight is 396 g/mol. The fourth-order valence-corrected chi connectivity index (χ4v) is 3.07. The summed E-state index contributed by atoms with van der Waals surface area (Å²) < 4.78 is 8.04. The van der Waals surface area contributed by atoms with Gasteiger partial charge >= 0.3 is 0 Å². The molecule has 0 spiro atoms. The summed E-state index contributed by atoms with van der Waals surface area (Å²) >= 11 is 0. The van der Waals surface area contributed by atoms with Gasteiger partial charge in [-0.3, -0.25) is 0 Å². The van der Waals surface area contributed by atoms with E-state index in [4.69, 9.17) is 4.74 Å². The first-order valence-electron chi connectivity index (χ1n) is 9.99. The van der Waals surface area contributed by atoms with Crippen molar-refractivity contribution in [1.82, 2.24) is 9.55 Å².